The Kier molecular flexibility index (Phi) is 3.84. The number of oxime groups is 1. The highest BCUT2D eigenvalue weighted by atomic mass is 19.1. The van der Waals surface area contributed by atoms with Crippen LogP contribution in [0.2, 0.25) is 0 Å². The molecule has 0 aliphatic rings. The van der Waals surface area contributed by atoms with Crippen LogP contribution in [0.4, 0.5) is 8.78 Å². The second kappa shape index (κ2) is 5.56. The van der Waals surface area contributed by atoms with Crippen molar-refractivity contribution in [3.63, 3.8) is 0 Å². The van der Waals surface area contributed by atoms with E-state index in [1.165, 1.54) is 30.3 Å². The molecule has 3 N–H and O–H groups in total. The third-order valence-corrected chi connectivity index (χ3v) is 2.68. The van der Waals surface area contributed by atoms with E-state index in [1.807, 2.05) is 0 Å². The van der Waals surface area contributed by atoms with Crippen molar-refractivity contribution in [2.45, 2.75) is 6.92 Å². The van der Waals surface area contributed by atoms with Gasteiger partial charge >= 0.3 is 0 Å². The van der Waals surface area contributed by atoms with Crippen molar-refractivity contribution in [1.29, 1.82) is 0 Å². The molecule has 0 heterocycles. The number of nitrogens with two attached hydrogens (primary N) is 1. The molecule has 0 saturated carbocycles. The predicted octanol–water partition coefficient (Wildman–Crippen LogP) is 3.16. The Morgan fingerprint density at radius 1 is 1.10 bits per heavy atom. The Morgan fingerprint density at radius 3 is 2.30 bits per heavy atom. The smallest absolute Gasteiger partial charge is 0.173 e. The lowest BCUT2D eigenvalue weighted by atomic mass is 10.1. The highest BCUT2D eigenvalue weighted by Crippen LogP contribution is 2.28. The third kappa shape index (κ3) is 2.85. The van der Waals surface area contributed by atoms with Crippen LogP contribution in [0.1, 0.15) is 11.1 Å². The fraction of sp³-hybridized carbons (Fsp3) is 0.0714. The van der Waals surface area contributed by atoms with E-state index in [2.05, 4.69) is 5.16 Å². The standard InChI is InChI=1S/C14H12F2N2O2/c1-8-6-9(15)2-4-12(8)20-13-5-3-10(16)7-11(13)14(17)18-19/h2-7,19H,1H3,(H2,17,18). The van der Waals surface area contributed by atoms with Crippen LogP contribution in [0.25, 0.3) is 0 Å². The maximum atomic E-state index is 13.2. The van der Waals surface area contributed by atoms with Gasteiger partial charge in [-0.3, -0.25) is 0 Å². The van der Waals surface area contributed by atoms with Gasteiger partial charge in [0.2, 0.25) is 0 Å². The van der Waals surface area contributed by atoms with Crippen molar-refractivity contribution < 1.29 is 18.7 Å². The molecular weight excluding hydrogens is 266 g/mol. The summed E-state index contributed by atoms with van der Waals surface area (Å²) in [5, 5.41) is 11.5. The number of hydrogen-bond donors (Lipinski definition) is 2. The lowest BCUT2D eigenvalue weighted by Crippen LogP contribution is -2.14. The van der Waals surface area contributed by atoms with E-state index in [-0.39, 0.29) is 23.0 Å². The number of rotatable bonds is 3. The van der Waals surface area contributed by atoms with Crippen LogP contribution in [0.3, 0.4) is 0 Å². The van der Waals surface area contributed by atoms with E-state index in [1.54, 1.807) is 6.92 Å². The van der Waals surface area contributed by atoms with Crippen molar-refractivity contribution in [3.8, 4) is 11.5 Å². The van der Waals surface area contributed by atoms with E-state index < -0.39 is 5.82 Å². The molecular formula is C14H12F2N2O2. The van der Waals surface area contributed by atoms with E-state index in [0.717, 1.165) is 6.07 Å². The van der Waals surface area contributed by atoms with Gasteiger partial charge in [-0.05, 0) is 48.9 Å². The van der Waals surface area contributed by atoms with Crippen molar-refractivity contribution in [2.75, 3.05) is 0 Å². The average molecular weight is 278 g/mol. The molecule has 0 bridgehead atoms. The molecule has 2 aromatic carbocycles. The summed E-state index contributed by atoms with van der Waals surface area (Å²) in [6, 6.07) is 7.62. The van der Waals surface area contributed by atoms with Crippen molar-refractivity contribution in [1.82, 2.24) is 0 Å². The number of amidine groups is 1. The summed E-state index contributed by atoms with van der Waals surface area (Å²) in [6.45, 7) is 1.67. The Bertz CT molecular complexity index is 672. The third-order valence-electron chi connectivity index (χ3n) is 2.68. The summed E-state index contributed by atoms with van der Waals surface area (Å²) >= 11 is 0. The molecule has 0 radical (unpaired) electrons. The molecule has 0 fully saturated rings. The first-order valence-electron chi connectivity index (χ1n) is 5.72. The summed E-state index contributed by atoms with van der Waals surface area (Å²) in [4.78, 5) is 0. The number of aryl methyl sites for hydroxylation is 1. The highest BCUT2D eigenvalue weighted by Gasteiger charge is 2.12. The molecule has 6 heteroatoms. The molecule has 4 nitrogen and oxygen atoms in total. The molecule has 20 heavy (non-hydrogen) atoms. The van der Waals surface area contributed by atoms with Gasteiger partial charge in [-0.25, -0.2) is 8.78 Å². The van der Waals surface area contributed by atoms with Gasteiger partial charge in [-0.1, -0.05) is 5.16 Å². The number of ether oxygens (including phenoxy) is 1. The van der Waals surface area contributed by atoms with Gasteiger partial charge in [-0.15, -0.1) is 0 Å². The van der Waals surface area contributed by atoms with E-state index in [9.17, 15) is 8.78 Å². The molecule has 0 saturated heterocycles. The summed E-state index contributed by atoms with van der Waals surface area (Å²) in [5.74, 6) is -0.610. The van der Waals surface area contributed by atoms with Gasteiger partial charge in [-0.2, -0.15) is 0 Å². The molecule has 0 amide bonds. The quantitative estimate of drug-likeness (QED) is 0.392. The van der Waals surface area contributed by atoms with Crippen LogP contribution in [-0.2, 0) is 0 Å². The molecule has 104 valence electrons. The average Bonchev–Trinajstić information content (AvgIpc) is 2.42. The van der Waals surface area contributed by atoms with Crippen LogP contribution in [-0.4, -0.2) is 11.0 Å². The Hall–Kier alpha value is -2.63. The largest absolute Gasteiger partial charge is 0.456 e. The summed E-state index contributed by atoms with van der Waals surface area (Å²) < 4.78 is 31.8. The van der Waals surface area contributed by atoms with Gasteiger partial charge in [0.1, 0.15) is 23.1 Å². The Labute approximate surface area is 114 Å². The minimum absolute atomic E-state index is 0.108. The molecule has 0 spiro atoms. The van der Waals surface area contributed by atoms with E-state index in [4.69, 9.17) is 15.7 Å². The molecule has 0 aliphatic carbocycles. The maximum absolute atomic E-state index is 13.2. The summed E-state index contributed by atoms with van der Waals surface area (Å²) in [6.07, 6.45) is 0. The number of benzene rings is 2. The molecule has 0 unspecified atom stereocenters. The second-order valence-electron chi connectivity index (χ2n) is 4.14. The zero-order valence-electron chi connectivity index (χ0n) is 10.6. The SMILES string of the molecule is Cc1cc(F)ccc1Oc1ccc(F)cc1/C(N)=N/O. The van der Waals surface area contributed by atoms with Crippen molar-refractivity contribution in [2.24, 2.45) is 10.9 Å². The number of nitrogens with zero attached hydrogens (tertiary/aromatic N) is 1. The first-order valence-corrected chi connectivity index (χ1v) is 5.72. The first kappa shape index (κ1) is 13.8. The molecule has 2 rings (SSSR count). The van der Waals surface area contributed by atoms with Crippen LogP contribution in [0.15, 0.2) is 41.6 Å². The highest BCUT2D eigenvalue weighted by molar-refractivity contribution is 5.99. The molecule has 0 aromatic heterocycles. The van der Waals surface area contributed by atoms with Crippen LogP contribution >= 0.6 is 0 Å². The Morgan fingerprint density at radius 2 is 1.70 bits per heavy atom. The normalized spacial score (nSPS) is 11.4. The fourth-order valence-corrected chi connectivity index (χ4v) is 1.69. The second-order valence-corrected chi connectivity index (χ2v) is 4.14. The minimum Gasteiger partial charge on any atom is -0.456 e. The molecule has 0 aliphatic heterocycles. The van der Waals surface area contributed by atoms with Gasteiger partial charge < -0.3 is 15.7 Å². The lowest BCUT2D eigenvalue weighted by Gasteiger charge is -2.12. The monoisotopic (exact) mass is 278 g/mol. The minimum atomic E-state index is -0.547. The Balaban J connectivity index is 2.43. The molecule has 0 atom stereocenters. The fourth-order valence-electron chi connectivity index (χ4n) is 1.69. The van der Waals surface area contributed by atoms with Gasteiger partial charge in [0.25, 0.3) is 0 Å². The van der Waals surface area contributed by atoms with Crippen molar-refractivity contribution >= 4 is 5.84 Å². The summed E-state index contributed by atoms with van der Waals surface area (Å²) in [5.41, 5.74) is 6.15. The zero-order valence-corrected chi connectivity index (χ0v) is 10.6. The molecule has 2 aromatic rings. The van der Waals surface area contributed by atoms with Crippen molar-refractivity contribution in [3.05, 3.63) is 59.2 Å². The first-order chi connectivity index (χ1) is 9.51. The van der Waals surface area contributed by atoms with Gasteiger partial charge in [0, 0.05) is 0 Å². The zero-order chi connectivity index (χ0) is 14.7. The van der Waals surface area contributed by atoms with E-state index >= 15 is 0 Å². The topological polar surface area (TPSA) is 67.8 Å². The maximum Gasteiger partial charge on any atom is 0.173 e. The van der Waals surface area contributed by atoms with Gasteiger partial charge in [0.05, 0.1) is 5.56 Å². The van der Waals surface area contributed by atoms with E-state index in [0.29, 0.717) is 11.3 Å². The lowest BCUT2D eigenvalue weighted by molar-refractivity contribution is 0.318. The van der Waals surface area contributed by atoms with Gasteiger partial charge in [0.15, 0.2) is 5.84 Å². The number of hydrogen-bond acceptors (Lipinski definition) is 3. The van der Waals surface area contributed by atoms with Crippen LogP contribution in [0, 0.1) is 18.6 Å². The number of halogens is 2. The van der Waals surface area contributed by atoms with Crippen LogP contribution in [0.5, 0.6) is 11.5 Å². The summed E-state index contributed by atoms with van der Waals surface area (Å²) in [7, 11) is 0. The van der Waals surface area contributed by atoms with Crippen LogP contribution < -0.4 is 10.5 Å². The predicted molar refractivity (Wildman–Crippen MR) is 70.1 cm³/mol.